The van der Waals surface area contributed by atoms with Gasteiger partial charge in [-0.2, -0.15) is 17.2 Å². The Bertz CT molecular complexity index is 1100. The molecule has 4 aliphatic carbocycles. The molecule has 0 spiro atoms. The maximum atomic E-state index is 13.2. The Balaban J connectivity index is 1.32. The first-order valence-electron chi connectivity index (χ1n) is 14.6. The number of fused-ring (bicyclic) bond motifs is 5. The summed E-state index contributed by atoms with van der Waals surface area (Å²) in [7, 11) is -5.75. The molecule has 0 aromatic carbocycles. The van der Waals surface area contributed by atoms with E-state index in [1.807, 2.05) is 6.92 Å². The lowest BCUT2D eigenvalue weighted by atomic mass is 9.43. The lowest BCUT2D eigenvalue weighted by molar-refractivity contribution is -0.207. The largest absolute Gasteiger partial charge is 0.455 e. The van der Waals surface area contributed by atoms with Crippen LogP contribution in [0.5, 0.6) is 0 Å². The SMILES string of the molecule is C[C@H](CCC(=O)OCC(=O)OCC(F)(F)S(=O)(=O)O)C1CC[C@H]2[C@@H]3C(O)CC4CC(O)CCC4(C)[C@H]3CC(O)C12C. The fourth-order valence-electron chi connectivity index (χ4n) is 9.17. The molecule has 0 aromatic heterocycles. The standard InChI is InChI=1S/C28H44F2O10S/c1-15(4-7-23(34)39-13-24(35)40-14-28(29,30)41(36,37)38)18-5-6-19-25-20(12-22(33)27(18,19)3)26(2)9-8-17(31)10-16(26)11-21(25)32/h15-22,25,31-33H,4-14H2,1-3H3,(H,36,37,38)/t15-,16?,17?,18?,19+,20+,21?,22?,25+,26?,27?/m1/s1. The quantitative estimate of drug-likeness (QED) is 0.225. The molecule has 41 heavy (non-hydrogen) atoms. The minimum absolute atomic E-state index is 0.0121. The van der Waals surface area contributed by atoms with Crippen LogP contribution in [0.2, 0.25) is 0 Å². The molecule has 4 aliphatic rings. The van der Waals surface area contributed by atoms with E-state index in [-0.39, 0.29) is 53.4 Å². The van der Waals surface area contributed by atoms with Crippen molar-refractivity contribution in [3.8, 4) is 0 Å². The molecule has 11 atom stereocenters. The Morgan fingerprint density at radius 2 is 1.68 bits per heavy atom. The van der Waals surface area contributed by atoms with Crippen molar-refractivity contribution >= 4 is 22.1 Å². The van der Waals surface area contributed by atoms with Gasteiger partial charge in [-0.3, -0.25) is 9.35 Å². The molecule has 0 aromatic rings. The van der Waals surface area contributed by atoms with E-state index < -0.39 is 58.1 Å². The molecular weight excluding hydrogens is 566 g/mol. The van der Waals surface area contributed by atoms with Gasteiger partial charge in [0.15, 0.2) is 13.2 Å². The summed E-state index contributed by atoms with van der Waals surface area (Å²) in [4.78, 5) is 23.9. The predicted octanol–water partition coefficient (Wildman–Crippen LogP) is 2.93. The first kappa shape index (κ1) is 32.5. The molecule has 0 amide bonds. The normalized spacial score (nSPS) is 41.5. The monoisotopic (exact) mass is 610 g/mol. The molecular formula is C28H44F2O10S. The molecule has 0 saturated heterocycles. The second-order valence-corrected chi connectivity index (χ2v) is 15.0. The molecule has 4 N–H and O–H groups in total. The van der Waals surface area contributed by atoms with E-state index in [0.29, 0.717) is 25.7 Å². The first-order chi connectivity index (χ1) is 18.9. The van der Waals surface area contributed by atoms with Crippen molar-refractivity contribution in [1.29, 1.82) is 0 Å². The van der Waals surface area contributed by atoms with Crippen molar-refractivity contribution in [3.05, 3.63) is 0 Å². The predicted molar refractivity (Wildman–Crippen MR) is 141 cm³/mol. The van der Waals surface area contributed by atoms with Crippen LogP contribution in [0.1, 0.15) is 78.6 Å². The molecule has 0 bridgehead atoms. The van der Waals surface area contributed by atoms with Crippen LogP contribution in [-0.4, -0.2) is 77.0 Å². The number of carbonyl (C=O) groups excluding carboxylic acids is 2. The Kier molecular flexibility index (Phi) is 9.19. The summed E-state index contributed by atoms with van der Waals surface area (Å²) in [5.41, 5.74) is -0.465. The first-order valence-corrected chi connectivity index (χ1v) is 16.1. The molecule has 0 heterocycles. The fourth-order valence-corrected chi connectivity index (χ4v) is 9.38. The molecule has 0 aliphatic heterocycles. The van der Waals surface area contributed by atoms with E-state index in [1.54, 1.807) is 0 Å². The van der Waals surface area contributed by atoms with Gasteiger partial charge < -0.3 is 24.8 Å². The highest BCUT2D eigenvalue weighted by Gasteiger charge is 2.65. The molecule has 4 rings (SSSR count). The van der Waals surface area contributed by atoms with Crippen molar-refractivity contribution in [2.24, 2.45) is 46.3 Å². The van der Waals surface area contributed by atoms with Gasteiger partial charge >= 0.3 is 27.3 Å². The molecule has 4 fully saturated rings. The Labute approximate surface area is 239 Å². The van der Waals surface area contributed by atoms with E-state index in [2.05, 4.69) is 18.6 Å². The van der Waals surface area contributed by atoms with Crippen LogP contribution in [-0.2, 0) is 29.2 Å². The zero-order valence-corrected chi connectivity index (χ0v) is 24.7. The lowest BCUT2D eigenvalue weighted by Crippen LogP contribution is -2.62. The minimum Gasteiger partial charge on any atom is -0.455 e. The van der Waals surface area contributed by atoms with Gasteiger partial charge in [-0.15, -0.1) is 0 Å². The zero-order valence-electron chi connectivity index (χ0n) is 23.9. The molecule has 0 radical (unpaired) electrons. The third-order valence-corrected chi connectivity index (χ3v) is 12.3. The minimum atomic E-state index is -5.75. The van der Waals surface area contributed by atoms with Crippen molar-refractivity contribution < 1.29 is 56.1 Å². The van der Waals surface area contributed by atoms with E-state index in [4.69, 9.17) is 9.29 Å². The summed E-state index contributed by atoms with van der Waals surface area (Å²) in [5, 5.41) is 28.6. The Morgan fingerprint density at radius 3 is 2.34 bits per heavy atom. The zero-order chi connectivity index (χ0) is 30.5. The summed E-state index contributed by atoms with van der Waals surface area (Å²) in [6.07, 6.45) is 4.27. The van der Waals surface area contributed by atoms with Gasteiger partial charge in [-0.05, 0) is 97.7 Å². The topological polar surface area (TPSA) is 168 Å². The van der Waals surface area contributed by atoms with Crippen molar-refractivity contribution in [1.82, 2.24) is 0 Å². The number of esters is 2. The highest BCUT2D eigenvalue weighted by Crippen LogP contribution is 2.68. The van der Waals surface area contributed by atoms with Crippen molar-refractivity contribution in [2.75, 3.05) is 13.2 Å². The number of halogens is 2. The highest BCUT2D eigenvalue weighted by atomic mass is 32.2. The maximum Gasteiger partial charge on any atom is 0.402 e. The lowest BCUT2D eigenvalue weighted by Gasteiger charge is -2.63. The number of rotatable bonds is 9. The molecule has 7 unspecified atom stereocenters. The summed E-state index contributed by atoms with van der Waals surface area (Å²) in [6, 6.07) is 0. The number of alkyl halides is 2. The Hall–Kier alpha value is -1.41. The third kappa shape index (κ3) is 6.03. The highest BCUT2D eigenvalue weighted by molar-refractivity contribution is 7.86. The molecule has 10 nitrogen and oxygen atoms in total. The van der Waals surface area contributed by atoms with Gasteiger partial charge in [0, 0.05) is 6.42 Å². The number of aliphatic hydroxyl groups is 3. The smallest absolute Gasteiger partial charge is 0.402 e. The van der Waals surface area contributed by atoms with E-state index in [1.165, 1.54) is 0 Å². The van der Waals surface area contributed by atoms with Crippen molar-refractivity contribution in [2.45, 2.75) is 102 Å². The van der Waals surface area contributed by atoms with Crippen LogP contribution in [0.4, 0.5) is 8.78 Å². The second kappa shape index (κ2) is 11.6. The summed E-state index contributed by atoms with van der Waals surface area (Å²) < 4.78 is 64.9. The van der Waals surface area contributed by atoms with Crippen LogP contribution in [0.15, 0.2) is 0 Å². The van der Waals surface area contributed by atoms with Gasteiger partial charge in [0.1, 0.15) is 0 Å². The maximum absolute atomic E-state index is 13.2. The second-order valence-electron chi connectivity index (χ2n) is 13.5. The van der Waals surface area contributed by atoms with Crippen LogP contribution in [0.25, 0.3) is 0 Å². The van der Waals surface area contributed by atoms with Crippen molar-refractivity contribution in [3.63, 3.8) is 0 Å². The van der Waals surface area contributed by atoms with Gasteiger partial charge in [0.25, 0.3) is 0 Å². The van der Waals surface area contributed by atoms with Gasteiger partial charge in [0.2, 0.25) is 0 Å². The number of hydrogen-bond acceptors (Lipinski definition) is 9. The van der Waals surface area contributed by atoms with Crippen LogP contribution in [0, 0.1) is 46.3 Å². The van der Waals surface area contributed by atoms with Gasteiger partial charge in [-0.25, -0.2) is 4.79 Å². The van der Waals surface area contributed by atoms with Gasteiger partial charge in [0.05, 0.1) is 18.3 Å². The molecule has 236 valence electrons. The number of carbonyl (C=O) groups is 2. The average molecular weight is 611 g/mol. The summed E-state index contributed by atoms with van der Waals surface area (Å²) in [6.45, 7) is 3.51. The van der Waals surface area contributed by atoms with E-state index >= 15 is 0 Å². The molecule has 4 saturated carbocycles. The third-order valence-electron chi connectivity index (χ3n) is 11.5. The molecule has 13 heteroatoms. The van der Waals surface area contributed by atoms with Crippen LogP contribution in [0.3, 0.4) is 0 Å². The number of hydrogen-bond donors (Lipinski definition) is 4. The number of aliphatic hydroxyl groups excluding tert-OH is 3. The average Bonchev–Trinajstić information content (AvgIpc) is 3.24. The fraction of sp³-hybridized carbons (Fsp3) is 0.929. The van der Waals surface area contributed by atoms with E-state index in [9.17, 15) is 42.1 Å². The van der Waals surface area contributed by atoms with Crippen LogP contribution >= 0.6 is 0 Å². The number of ether oxygens (including phenoxy) is 2. The summed E-state index contributed by atoms with van der Waals surface area (Å²) in [5.74, 6) is -1.41. The van der Waals surface area contributed by atoms with E-state index in [0.717, 1.165) is 25.7 Å². The summed E-state index contributed by atoms with van der Waals surface area (Å²) >= 11 is 0. The van der Waals surface area contributed by atoms with Gasteiger partial charge in [-0.1, -0.05) is 20.8 Å². The van der Waals surface area contributed by atoms with Crippen LogP contribution < -0.4 is 0 Å². The Morgan fingerprint density at radius 1 is 1.00 bits per heavy atom.